The van der Waals surface area contributed by atoms with Crippen molar-refractivity contribution < 1.29 is 0 Å². The zero-order valence-electron chi connectivity index (χ0n) is 30.4. The van der Waals surface area contributed by atoms with Crippen LogP contribution in [0.25, 0.3) is 78.2 Å². The van der Waals surface area contributed by atoms with Crippen LogP contribution < -0.4 is 0 Å². The summed E-state index contributed by atoms with van der Waals surface area (Å²) >= 11 is 0. The van der Waals surface area contributed by atoms with Gasteiger partial charge in [-0.1, -0.05) is 126 Å². The first-order chi connectivity index (χ1) is 25.1. The Morgan fingerprint density at radius 2 is 1.02 bits per heavy atom. The Labute approximate surface area is 303 Å². The summed E-state index contributed by atoms with van der Waals surface area (Å²) in [6.07, 6.45) is 1.86. The lowest BCUT2D eigenvalue weighted by atomic mass is 9.85. The number of aromatic nitrogens is 6. The quantitative estimate of drug-likeness (QED) is 0.186. The maximum absolute atomic E-state index is 5.20. The molecule has 0 aliphatic heterocycles. The predicted octanol–water partition coefficient (Wildman–Crippen LogP) is 11.4. The number of hydrogen-bond acceptors (Lipinski definition) is 4. The van der Waals surface area contributed by atoms with Gasteiger partial charge >= 0.3 is 0 Å². The first kappa shape index (κ1) is 31.8. The molecule has 0 aliphatic rings. The van der Waals surface area contributed by atoms with Crippen molar-refractivity contribution in [3.63, 3.8) is 0 Å². The van der Waals surface area contributed by atoms with Crippen LogP contribution in [0.5, 0.6) is 0 Å². The topological polar surface area (TPSA) is 61.4 Å². The average Bonchev–Trinajstić information content (AvgIpc) is 3.67. The molecule has 0 unspecified atom stereocenters. The SMILES string of the molecule is CC(C)(C)c1ccc2c(c1)c1cc(C(C)(C)C)ccc1n2-c1cccc2c3ncccc3n(-c3nc(-c4ccccc4)nc(-c4ccccc4)n3)c12. The van der Waals surface area contributed by atoms with Gasteiger partial charge in [-0.3, -0.25) is 9.55 Å². The lowest BCUT2D eigenvalue weighted by molar-refractivity contribution is 0.590. The van der Waals surface area contributed by atoms with Crippen molar-refractivity contribution in [2.24, 2.45) is 0 Å². The molecule has 9 rings (SSSR count). The van der Waals surface area contributed by atoms with Crippen molar-refractivity contribution in [3.8, 4) is 34.4 Å². The third kappa shape index (κ3) is 5.17. The second-order valence-corrected chi connectivity index (χ2v) is 15.7. The van der Waals surface area contributed by atoms with Crippen LogP contribution in [0.2, 0.25) is 0 Å². The van der Waals surface area contributed by atoms with Gasteiger partial charge in [0.1, 0.15) is 0 Å². The first-order valence-electron chi connectivity index (χ1n) is 17.9. The molecule has 0 saturated carbocycles. The van der Waals surface area contributed by atoms with Gasteiger partial charge in [-0.05, 0) is 64.4 Å². The normalized spacial score (nSPS) is 12.4. The maximum Gasteiger partial charge on any atom is 0.238 e. The number of rotatable bonds is 4. The van der Waals surface area contributed by atoms with Crippen molar-refractivity contribution in [2.45, 2.75) is 52.4 Å². The highest BCUT2D eigenvalue weighted by molar-refractivity contribution is 6.14. The summed E-state index contributed by atoms with van der Waals surface area (Å²) in [5.41, 5.74) is 10.6. The number of pyridine rings is 1. The van der Waals surface area contributed by atoms with Gasteiger partial charge in [-0.2, -0.15) is 9.97 Å². The van der Waals surface area contributed by atoms with Gasteiger partial charge in [0.2, 0.25) is 5.95 Å². The number of hydrogen-bond donors (Lipinski definition) is 0. The summed E-state index contributed by atoms with van der Waals surface area (Å²) in [5, 5.41) is 3.51. The molecular weight excluding hydrogens is 637 g/mol. The molecule has 0 radical (unpaired) electrons. The lowest BCUT2D eigenvalue weighted by Gasteiger charge is -2.19. The van der Waals surface area contributed by atoms with Crippen LogP contribution >= 0.6 is 0 Å². The minimum Gasteiger partial charge on any atom is -0.307 e. The first-order valence-corrected chi connectivity index (χ1v) is 17.9. The van der Waals surface area contributed by atoms with Gasteiger partial charge < -0.3 is 4.57 Å². The van der Waals surface area contributed by atoms with E-state index in [1.54, 1.807) is 0 Å². The number of nitrogens with zero attached hydrogens (tertiary/aromatic N) is 6. The third-order valence-electron chi connectivity index (χ3n) is 10.1. The molecule has 0 bridgehead atoms. The van der Waals surface area contributed by atoms with Crippen LogP contribution in [-0.2, 0) is 10.8 Å². The molecule has 6 heteroatoms. The van der Waals surface area contributed by atoms with E-state index in [0.717, 1.165) is 49.8 Å². The molecule has 0 spiro atoms. The van der Waals surface area contributed by atoms with Crippen LogP contribution in [0.3, 0.4) is 0 Å². The predicted molar refractivity (Wildman–Crippen MR) is 215 cm³/mol. The molecule has 6 nitrogen and oxygen atoms in total. The van der Waals surface area contributed by atoms with Gasteiger partial charge in [-0.25, -0.2) is 4.98 Å². The molecular formula is C46H40N6. The Morgan fingerprint density at radius 3 is 1.56 bits per heavy atom. The highest BCUT2D eigenvalue weighted by Gasteiger charge is 2.25. The van der Waals surface area contributed by atoms with Gasteiger partial charge in [0.15, 0.2) is 11.6 Å². The molecule has 0 aliphatic carbocycles. The van der Waals surface area contributed by atoms with E-state index in [0.29, 0.717) is 17.6 Å². The Bertz CT molecular complexity index is 2670. The zero-order chi connectivity index (χ0) is 35.8. The minimum absolute atomic E-state index is 0.00790. The number of benzene rings is 5. The molecule has 0 saturated heterocycles. The van der Waals surface area contributed by atoms with E-state index in [-0.39, 0.29) is 10.8 Å². The van der Waals surface area contributed by atoms with Crippen molar-refractivity contribution in [3.05, 3.63) is 145 Å². The summed E-state index contributed by atoms with van der Waals surface area (Å²) in [4.78, 5) is 20.3. The molecule has 254 valence electrons. The minimum atomic E-state index is 0.00790. The second kappa shape index (κ2) is 11.7. The summed E-state index contributed by atoms with van der Waals surface area (Å²) in [6, 6.07) is 44.8. The lowest BCUT2D eigenvalue weighted by Crippen LogP contribution is -2.10. The van der Waals surface area contributed by atoms with E-state index in [1.165, 1.54) is 21.9 Å². The van der Waals surface area contributed by atoms with Crippen molar-refractivity contribution in [1.82, 2.24) is 29.1 Å². The summed E-state index contributed by atoms with van der Waals surface area (Å²) in [6.45, 7) is 13.7. The molecule has 0 fully saturated rings. The molecule has 4 heterocycles. The molecule has 4 aromatic heterocycles. The van der Waals surface area contributed by atoms with Crippen LogP contribution in [0.1, 0.15) is 52.7 Å². The Hall–Kier alpha value is -6.14. The molecule has 9 aromatic rings. The fourth-order valence-corrected chi connectivity index (χ4v) is 7.36. The van der Waals surface area contributed by atoms with Gasteiger partial charge in [0.25, 0.3) is 0 Å². The largest absolute Gasteiger partial charge is 0.307 e. The van der Waals surface area contributed by atoms with E-state index >= 15 is 0 Å². The van der Waals surface area contributed by atoms with Crippen LogP contribution in [0.15, 0.2) is 134 Å². The Balaban J connectivity index is 1.41. The zero-order valence-corrected chi connectivity index (χ0v) is 30.4. The number of fused-ring (bicyclic) bond motifs is 6. The molecule has 0 amide bonds. The molecule has 52 heavy (non-hydrogen) atoms. The van der Waals surface area contributed by atoms with Crippen LogP contribution in [0.4, 0.5) is 0 Å². The van der Waals surface area contributed by atoms with E-state index in [2.05, 4.69) is 111 Å². The van der Waals surface area contributed by atoms with Gasteiger partial charge in [-0.15, -0.1) is 0 Å². The summed E-state index contributed by atoms with van der Waals surface area (Å²) in [5.74, 6) is 1.77. The highest BCUT2D eigenvalue weighted by Crippen LogP contribution is 2.41. The van der Waals surface area contributed by atoms with Crippen LogP contribution in [-0.4, -0.2) is 29.1 Å². The van der Waals surface area contributed by atoms with Crippen molar-refractivity contribution in [1.29, 1.82) is 0 Å². The maximum atomic E-state index is 5.20. The number of para-hydroxylation sites is 1. The monoisotopic (exact) mass is 676 g/mol. The van der Waals surface area contributed by atoms with E-state index in [1.807, 2.05) is 72.9 Å². The summed E-state index contributed by atoms with van der Waals surface area (Å²) < 4.78 is 4.59. The average molecular weight is 677 g/mol. The summed E-state index contributed by atoms with van der Waals surface area (Å²) in [7, 11) is 0. The van der Waals surface area contributed by atoms with Crippen molar-refractivity contribution in [2.75, 3.05) is 0 Å². The fraction of sp³-hybridized carbons (Fsp3) is 0.174. The Kier molecular flexibility index (Phi) is 7.16. The third-order valence-corrected chi connectivity index (χ3v) is 10.1. The van der Waals surface area contributed by atoms with E-state index < -0.39 is 0 Å². The molecule has 5 aromatic carbocycles. The van der Waals surface area contributed by atoms with Crippen molar-refractivity contribution >= 4 is 43.7 Å². The smallest absolute Gasteiger partial charge is 0.238 e. The van der Waals surface area contributed by atoms with E-state index in [9.17, 15) is 0 Å². The van der Waals surface area contributed by atoms with E-state index in [4.69, 9.17) is 19.9 Å². The van der Waals surface area contributed by atoms with Gasteiger partial charge in [0.05, 0.1) is 33.3 Å². The molecule has 0 N–H and O–H groups in total. The second-order valence-electron chi connectivity index (χ2n) is 15.7. The highest BCUT2D eigenvalue weighted by atomic mass is 15.2. The molecule has 0 atom stereocenters. The Morgan fingerprint density at radius 1 is 0.462 bits per heavy atom. The van der Waals surface area contributed by atoms with Gasteiger partial charge in [0, 0.05) is 33.5 Å². The van der Waals surface area contributed by atoms with Crippen LogP contribution in [0, 0.1) is 0 Å². The standard InChI is InChI=1S/C46H40N6/c1-45(2,3)31-22-24-36-34(27-31)35-28-32(46(4,5)6)23-25-37(35)51(36)39-20-13-19-33-40-38(21-14-26-47-40)52(41(33)39)44-49-42(29-15-9-7-10-16-29)48-43(50-44)30-17-11-8-12-18-30/h7-28H,1-6H3. The fourth-order valence-electron chi connectivity index (χ4n) is 7.36.